The van der Waals surface area contributed by atoms with Crippen molar-refractivity contribution in [2.45, 2.75) is 56.0 Å². The monoisotopic (exact) mass is 473 g/mol. The highest BCUT2D eigenvalue weighted by Gasteiger charge is 2.39. The first-order valence-electron chi connectivity index (χ1n) is 11.1. The molecular formula is C24H31N3O5S. The zero-order chi connectivity index (χ0) is 24.1. The number of nitrogens with one attached hydrogen (secondary N) is 3. The van der Waals surface area contributed by atoms with Gasteiger partial charge < -0.3 is 15.7 Å². The minimum absolute atomic E-state index is 0.0452. The van der Waals surface area contributed by atoms with Crippen molar-refractivity contribution in [1.82, 2.24) is 15.4 Å². The van der Waals surface area contributed by atoms with E-state index in [1.54, 1.807) is 36.4 Å². The summed E-state index contributed by atoms with van der Waals surface area (Å²) in [5.74, 6) is -1.07. The van der Waals surface area contributed by atoms with Crippen LogP contribution in [0.15, 0.2) is 47.4 Å². The van der Waals surface area contributed by atoms with Crippen LogP contribution in [0.3, 0.4) is 0 Å². The van der Waals surface area contributed by atoms with E-state index in [1.807, 2.05) is 6.92 Å². The van der Waals surface area contributed by atoms with Crippen molar-refractivity contribution in [3.8, 4) is 11.1 Å². The average molecular weight is 474 g/mol. The average Bonchev–Trinajstić information content (AvgIpc) is 3.27. The number of carbonyl (C=O) groups is 2. The quantitative estimate of drug-likeness (QED) is 0.420. The Morgan fingerprint density at radius 1 is 1.06 bits per heavy atom. The number of rotatable bonds is 10. The Hall–Kier alpha value is -2.75. The molecule has 8 nitrogen and oxygen atoms in total. The molecule has 1 aliphatic carbocycles. The molecule has 1 fully saturated rings. The van der Waals surface area contributed by atoms with Gasteiger partial charge in [0, 0.05) is 12.1 Å². The third-order valence-corrected chi connectivity index (χ3v) is 7.58. The van der Waals surface area contributed by atoms with Crippen molar-refractivity contribution in [3.05, 3.63) is 53.6 Å². The number of hydrogen-bond donors (Lipinski definition) is 4. The highest BCUT2D eigenvalue weighted by Crippen LogP contribution is 2.32. The van der Waals surface area contributed by atoms with Crippen LogP contribution < -0.4 is 15.4 Å². The third-order valence-electron chi connectivity index (χ3n) is 6.11. The fraction of sp³-hybridized carbons (Fsp3) is 0.417. The molecule has 0 bridgehead atoms. The lowest BCUT2D eigenvalue weighted by Gasteiger charge is -2.28. The lowest BCUT2D eigenvalue weighted by atomic mass is 9.94. The number of carboxylic acid groups (broad SMARTS) is 1. The van der Waals surface area contributed by atoms with Gasteiger partial charge in [-0.25, -0.2) is 13.1 Å². The van der Waals surface area contributed by atoms with E-state index in [1.165, 1.54) is 13.1 Å². The van der Waals surface area contributed by atoms with Crippen molar-refractivity contribution < 1.29 is 23.1 Å². The van der Waals surface area contributed by atoms with Crippen molar-refractivity contribution in [3.63, 3.8) is 0 Å². The van der Waals surface area contributed by atoms with Crippen LogP contribution in [0.25, 0.3) is 11.1 Å². The minimum atomic E-state index is -3.74. The second-order valence-electron chi connectivity index (χ2n) is 8.27. The van der Waals surface area contributed by atoms with Crippen molar-refractivity contribution in [2.75, 3.05) is 13.6 Å². The van der Waals surface area contributed by atoms with Crippen LogP contribution in [0, 0.1) is 0 Å². The summed E-state index contributed by atoms with van der Waals surface area (Å²) in [4.78, 5) is 24.6. The lowest BCUT2D eigenvalue weighted by molar-refractivity contribution is -0.136. The molecule has 2 aromatic carbocycles. The molecule has 0 saturated heterocycles. The highest BCUT2D eigenvalue weighted by atomic mass is 32.2. The summed E-state index contributed by atoms with van der Waals surface area (Å²) in [6.07, 6.45) is 3.34. The molecule has 0 atom stereocenters. The number of aliphatic carboxylic acids is 1. The summed E-state index contributed by atoms with van der Waals surface area (Å²) < 4.78 is 27.3. The zero-order valence-corrected chi connectivity index (χ0v) is 19.8. The number of hydrogen-bond acceptors (Lipinski definition) is 5. The smallest absolute Gasteiger partial charge is 0.307 e. The topological polar surface area (TPSA) is 125 Å². The third kappa shape index (κ3) is 5.61. The molecule has 0 heterocycles. The molecule has 9 heteroatoms. The maximum atomic E-state index is 12.9. The van der Waals surface area contributed by atoms with Gasteiger partial charge in [-0.15, -0.1) is 0 Å². The Morgan fingerprint density at radius 3 is 2.39 bits per heavy atom. The number of benzene rings is 2. The molecule has 33 heavy (non-hydrogen) atoms. The summed E-state index contributed by atoms with van der Waals surface area (Å²) in [5.41, 5.74) is 1.65. The molecule has 3 rings (SSSR count). The van der Waals surface area contributed by atoms with E-state index >= 15 is 0 Å². The van der Waals surface area contributed by atoms with Gasteiger partial charge in [0.15, 0.2) is 0 Å². The second kappa shape index (κ2) is 10.5. The summed E-state index contributed by atoms with van der Waals surface area (Å²) in [5, 5.41) is 15.8. The molecular weight excluding hydrogens is 442 g/mol. The van der Waals surface area contributed by atoms with Crippen LogP contribution in [0.4, 0.5) is 0 Å². The van der Waals surface area contributed by atoms with Gasteiger partial charge in [-0.3, -0.25) is 9.59 Å². The van der Waals surface area contributed by atoms with Gasteiger partial charge in [-0.1, -0.05) is 56.2 Å². The maximum Gasteiger partial charge on any atom is 0.307 e. The first-order valence-corrected chi connectivity index (χ1v) is 12.6. The molecule has 1 amide bonds. The Bertz CT molecular complexity index is 1120. The van der Waals surface area contributed by atoms with Gasteiger partial charge in [-0.05, 0) is 49.2 Å². The van der Waals surface area contributed by atoms with Crippen LogP contribution >= 0.6 is 0 Å². The van der Waals surface area contributed by atoms with E-state index in [0.717, 1.165) is 31.2 Å². The number of carboxylic acids is 1. The molecule has 0 aliphatic heterocycles. The predicted octanol–water partition coefficient (Wildman–Crippen LogP) is 2.43. The molecule has 178 valence electrons. The predicted molar refractivity (Wildman–Crippen MR) is 126 cm³/mol. The van der Waals surface area contributed by atoms with Crippen molar-refractivity contribution >= 4 is 21.9 Å². The SMILES string of the molecule is CCNC1(C(=O)NCc2ccc(-c3ccccc3S(=O)(=O)NC)c(CC(=O)O)c2)CCCC1. The normalized spacial score (nSPS) is 15.3. The lowest BCUT2D eigenvalue weighted by Crippen LogP contribution is -2.54. The van der Waals surface area contributed by atoms with Crippen LogP contribution in [0.2, 0.25) is 0 Å². The fourth-order valence-corrected chi connectivity index (χ4v) is 5.46. The molecule has 1 saturated carbocycles. The van der Waals surface area contributed by atoms with E-state index in [9.17, 15) is 23.1 Å². The second-order valence-corrected chi connectivity index (χ2v) is 10.1. The van der Waals surface area contributed by atoms with E-state index in [-0.39, 0.29) is 23.8 Å². The van der Waals surface area contributed by atoms with E-state index in [0.29, 0.717) is 23.2 Å². The van der Waals surface area contributed by atoms with Gasteiger partial charge in [0.1, 0.15) is 0 Å². The standard InChI is InChI=1S/C24H31N3O5S/c1-3-27-24(12-6-7-13-24)23(30)26-16-17-10-11-19(18(14-17)15-22(28)29)20-8-4-5-9-21(20)33(31,32)25-2/h4-5,8-11,14,25,27H,3,6-7,12-13,15-16H2,1-2H3,(H,26,30)(H,28,29). The van der Waals surface area contributed by atoms with Gasteiger partial charge in [-0.2, -0.15) is 0 Å². The van der Waals surface area contributed by atoms with Crippen LogP contribution in [-0.2, 0) is 32.6 Å². The number of amides is 1. The number of likely N-dealkylation sites (N-methyl/N-ethyl adjacent to an activating group) is 1. The van der Waals surface area contributed by atoms with Crippen LogP contribution in [0.5, 0.6) is 0 Å². The highest BCUT2D eigenvalue weighted by molar-refractivity contribution is 7.89. The number of sulfonamides is 1. The molecule has 2 aromatic rings. The molecule has 0 unspecified atom stereocenters. The zero-order valence-electron chi connectivity index (χ0n) is 19.0. The molecule has 0 aromatic heterocycles. The Morgan fingerprint density at radius 2 is 1.76 bits per heavy atom. The van der Waals surface area contributed by atoms with Crippen molar-refractivity contribution in [2.24, 2.45) is 0 Å². The number of carbonyl (C=O) groups excluding carboxylic acids is 1. The maximum absolute atomic E-state index is 12.9. The van der Waals surface area contributed by atoms with Gasteiger partial charge >= 0.3 is 5.97 Å². The van der Waals surface area contributed by atoms with E-state index < -0.39 is 21.5 Å². The Kier molecular flexibility index (Phi) is 7.88. The van der Waals surface area contributed by atoms with Gasteiger partial charge in [0.05, 0.1) is 16.9 Å². The van der Waals surface area contributed by atoms with Gasteiger partial charge in [0.25, 0.3) is 0 Å². The molecule has 0 spiro atoms. The summed E-state index contributed by atoms with van der Waals surface area (Å²) in [6.45, 7) is 2.95. The van der Waals surface area contributed by atoms with E-state index in [2.05, 4.69) is 15.4 Å². The van der Waals surface area contributed by atoms with E-state index in [4.69, 9.17) is 0 Å². The Labute approximate surface area is 194 Å². The van der Waals surface area contributed by atoms with Crippen molar-refractivity contribution in [1.29, 1.82) is 0 Å². The van der Waals surface area contributed by atoms with Gasteiger partial charge in [0.2, 0.25) is 15.9 Å². The largest absolute Gasteiger partial charge is 0.481 e. The Balaban J connectivity index is 1.91. The summed E-state index contributed by atoms with van der Waals surface area (Å²) in [7, 11) is -2.40. The fourth-order valence-electron chi connectivity index (χ4n) is 4.51. The first-order chi connectivity index (χ1) is 15.7. The summed E-state index contributed by atoms with van der Waals surface area (Å²) in [6, 6.07) is 11.7. The van der Waals surface area contributed by atoms with Crippen LogP contribution in [-0.4, -0.2) is 44.5 Å². The first kappa shape index (κ1) is 24.9. The molecule has 1 aliphatic rings. The molecule has 4 N–H and O–H groups in total. The molecule has 0 radical (unpaired) electrons. The minimum Gasteiger partial charge on any atom is -0.481 e. The summed E-state index contributed by atoms with van der Waals surface area (Å²) >= 11 is 0. The van der Waals surface area contributed by atoms with Crippen LogP contribution in [0.1, 0.15) is 43.7 Å².